The van der Waals surface area contributed by atoms with Gasteiger partial charge in [0.05, 0.1) is 25.8 Å². The fourth-order valence-electron chi connectivity index (χ4n) is 2.54. The van der Waals surface area contributed by atoms with E-state index in [0.717, 1.165) is 11.3 Å². The fraction of sp³-hybridized carbons (Fsp3) is 0.389. The fourth-order valence-corrected chi connectivity index (χ4v) is 2.54. The summed E-state index contributed by atoms with van der Waals surface area (Å²) in [5, 5.41) is 9.86. The van der Waals surface area contributed by atoms with Gasteiger partial charge in [-0.1, -0.05) is 12.1 Å². The number of carbonyl (C=O) groups excluding carboxylic acids is 2. The van der Waals surface area contributed by atoms with Gasteiger partial charge < -0.3 is 15.4 Å². The van der Waals surface area contributed by atoms with E-state index >= 15 is 0 Å². The molecule has 2 amide bonds. The molecule has 0 radical (unpaired) electrons. The molecule has 1 heterocycles. The predicted molar refractivity (Wildman–Crippen MR) is 95.4 cm³/mol. The number of nitrogens with one attached hydrogen (secondary N) is 2. The average molecular weight is 344 g/mol. The van der Waals surface area contributed by atoms with E-state index in [2.05, 4.69) is 15.7 Å². The van der Waals surface area contributed by atoms with E-state index in [-0.39, 0.29) is 24.3 Å². The highest BCUT2D eigenvalue weighted by molar-refractivity contribution is 5.90. The summed E-state index contributed by atoms with van der Waals surface area (Å²) >= 11 is 0. The molecule has 0 saturated carbocycles. The number of rotatable bonds is 7. The van der Waals surface area contributed by atoms with E-state index in [0.29, 0.717) is 5.82 Å². The van der Waals surface area contributed by atoms with Crippen molar-refractivity contribution in [2.24, 2.45) is 0 Å². The molecule has 2 N–H and O–H groups in total. The number of anilines is 1. The van der Waals surface area contributed by atoms with Crippen LogP contribution in [-0.4, -0.2) is 28.7 Å². The third-order valence-corrected chi connectivity index (χ3v) is 3.71. The van der Waals surface area contributed by atoms with E-state index in [4.69, 9.17) is 4.74 Å². The second-order valence-electron chi connectivity index (χ2n) is 6.03. The Balaban J connectivity index is 2.11. The van der Waals surface area contributed by atoms with Crippen LogP contribution < -0.4 is 15.4 Å². The van der Waals surface area contributed by atoms with Crippen molar-refractivity contribution in [3.63, 3.8) is 0 Å². The van der Waals surface area contributed by atoms with Gasteiger partial charge in [-0.25, -0.2) is 4.68 Å². The molecule has 1 aromatic heterocycles. The van der Waals surface area contributed by atoms with Gasteiger partial charge in [-0.15, -0.1) is 0 Å². The Morgan fingerprint density at radius 2 is 1.88 bits per heavy atom. The Labute approximate surface area is 147 Å². The zero-order valence-electron chi connectivity index (χ0n) is 14.9. The van der Waals surface area contributed by atoms with Gasteiger partial charge in [0, 0.05) is 19.0 Å². The lowest BCUT2D eigenvalue weighted by molar-refractivity contribution is -0.120. The van der Waals surface area contributed by atoms with Crippen LogP contribution in [-0.2, 0) is 9.59 Å². The van der Waals surface area contributed by atoms with Crippen molar-refractivity contribution in [2.45, 2.75) is 39.3 Å². The molecule has 7 nitrogen and oxygen atoms in total. The predicted octanol–water partition coefficient (Wildman–Crippen LogP) is 2.68. The SMILES string of the molecule is COc1ccc([C@@H](CC(=O)Nc2ccnn2C(C)C)NC(C)=O)cc1. The second-order valence-corrected chi connectivity index (χ2v) is 6.03. The van der Waals surface area contributed by atoms with Crippen LogP contribution in [0.5, 0.6) is 5.75 Å². The molecule has 0 saturated heterocycles. The summed E-state index contributed by atoms with van der Waals surface area (Å²) in [5.41, 5.74) is 0.837. The van der Waals surface area contributed by atoms with Gasteiger partial charge in [0.2, 0.25) is 11.8 Å². The summed E-state index contributed by atoms with van der Waals surface area (Å²) in [6.07, 6.45) is 1.76. The Kier molecular flexibility index (Phi) is 6.16. The van der Waals surface area contributed by atoms with Gasteiger partial charge >= 0.3 is 0 Å². The summed E-state index contributed by atoms with van der Waals surface area (Å²) in [6, 6.07) is 8.75. The summed E-state index contributed by atoms with van der Waals surface area (Å²) < 4.78 is 6.88. The minimum absolute atomic E-state index is 0.120. The maximum atomic E-state index is 12.4. The quantitative estimate of drug-likeness (QED) is 0.809. The van der Waals surface area contributed by atoms with E-state index in [9.17, 15) is 9.59 Å². The van der Waals surface area contributed by atoms with Crippen LogP contribution in [0.2, 0.25) is 0 Å². The zero-order valence-corrected chi connectivity index (χ0v) is 14.9. The van der Waals surface area contributed by atoms with Crippen LogP contribution in [0.3, 0.4) is 0 Å². The summed E-state index contributed by atoms with van der Waals surface area (Å²) in [4.78, 5) is 24.0. The number of amides is 2. The maximum Gasteiger partial charge on any atom is 0.227 e. The highest BCUT2D eigenvalue weighted by atomic mass is 16.5. The number of methoxy groups -OCH3 is 1. The lowest BCUT2D eigenvalue weighted by atomic mass is 10.0. The molecule has 2 aromatic rings. The molecule has 7 heteroatoms. The van der Waals surface area contributed by atoms with E-state index < -0.39 is 6.04 Å². The summed E-state index contributed by atoms with van der Waals surface area (Å²) in [5.74, 6) is 0.963. The van der Waals surface area contributed by atoms with E-state index in [1.165, 1.54) is 6.92 Å². The zero-order chi connectivity index (χ0) is 18.4. The molecular weight excluding hydrogens is 320 g/mol. The Morgan fingerprint density at radius 3 is 2.44 bits per heavy atom. The van der Waals surface area contributed by atoms with Gasteiger partial charge in [0.25, 0.3) is 0 Å². The molecular formula is C18H24N4O3. The Bertz CT molecular complexity index is 722. The standard InChI is InChI=1S/C18H24N4O3/c1-12(2)22-17(9-10-19-22)21-18(24)11-16(20-13(3)23)14-5-7-15(25-4)8-6-14/h5-10,12,16H,11H2,1-4H3,(H,20,23)(H,21,24)/t16-/m1/s1. The Morgan fingerprint density at radius 1 is 1.20 bits per heavy atom. The van der Waals surface area contributed by atoms with Crippen LogP contribution in [0.25, 0.3) is 0 Å². The topological polar surface area (TPSA) is 85.2 Å². The molecule has 0 aliphatic carbocycles. The molecule has 134 valence electrons. The van der Waals surface area contributed by atoms with Crippen molar-refractivity contribution in [1.29, 1.82) is 0 Å². The normalized spacial score (nSPS) is 11.9. The minimum atomic E-state index is -0.418. The van der Waals surface area contributed by atoms with Crippen molar-refractivity contribution in [3.8, 4) is 5.75 Å². The number of hydrogen-bond acceptors (Lipinski definition) is 4. The van der Waals surface area contributed by atoms with Crippen molar-refractivity contribution in [3.05, 3.63) is 42.1 Å². The number of carbonyl (C=O) groups is 2. The van der Waals surface area contributed by atoms with Crippen LogP contribution >= 0.6 is 0 Å². The van der Waals surface area contributed by atoms with Gasteiger partial charge in [-0.05, 0) is 31.5 Å². The molecule has 0 aliphatic heterocycles. The molecule has 0 unspecified atom stereocenters. The van der Waals surface area contributed by atoms with Crippen LogP contribution in [0, 0.1) is 0 Å². The third kappa shape index (κ3) is 5.07. The second kappa shape index (κ2) is 8.32. The largest absolute Gasteiger partial charge is 0.497 e. The highest BCUT2D eigenvalue weighted by Crippen LogP contribution is 2.21. The Hall–Kier alpha value is -2.83. The van der Waals surface area contributed by atoms with Crippen molar-refractivity contribution < 1.29 is 14.3 Å². The molecule has 0 fully saturated rings. The minimum Gasteiger partial charge on any atom is -0.497 e. The number of hydrogen-bond donors (Lipinski definition) is 2. The van der Waals surface area contributed by atoms with Crippen LogP contribution in [0.1, 0.15) is 44.8 Å². The van der Waals surface area contributed by atoms with Crippen LogP contribution in [0.15, 0.2) is 36.5 Å². The average Bonchev–Trinajstić information content (AvgIpc) is 3.02. The van der Waals surface area contributed by atoms with Crippen LogP contribution in [0.4, 0.5) is 5.82 Å². The van der Waals surface area contributed by atoms with E-state index in [1.54, 1.807) is 36.2 Å². The number of nitrogens with zero attached hydrogens (tertiary/aromatic N) is 2. The number of benzene rings is 1. The van der Waals surface area contributed by atoms with Gasteiger partial charge in [0.1, 0.15) is 11.6 Å². The first-order valence-electron chi connectivity index (χ1n) is 8.15. The first-order valence-corrected chi connectivity index (χ1v) is 8.15. The van der Waals surface area contributed by atoms with Gasteiger partial charge in [0.15, 0.2) is 0 Å². The summed E-state index contributed by atoms with van der Waals surface area (Å²) in [7, 11) is 1.59. The third-order valence-electron chi connectivity index (χ3n) is 3.71. The van der Waals surface area contributed by atoms with Crippen molar-refractivity contribution in [1.82, 2.24) is 15.1 Å². The lowest BCUT2D eigenvalue weighted by Crippen LogP contribution is -2.30. The van der Waals surface area contributed by atoms with Gasteiger partial charge in [-0.2, -0.15) is 5.10 Å². The molecule has 1 aromatic carbocycles. The molecule has 2 rings (SSSR count). The highest BCUT2D eigenvalue weighted by Gasteiger charge is 2.18. The molecule has 0 bridgehead atoms. The van der Waals surface area contributed by atoms with Crippen molar-refractivity contribution >= 4 is 17.6 Å². The molecule has 25 heavy (non-hydrogen) atoms. The smallest absolute Gasteiger partial charge is 0.227 e. The van der Waals surface area contributed by atoms with Crippen molar-refractivity contribution in [2.75, 3.05) is 12.4 Å². The summed E-state index contributed by atoms with van der Waals surface area (Å²) in [6.45, 7) is 5.41. The monoisotopic (exact) mass is 344 g/mol. The van der Waals surface area contributed by atoms with E-state index in [1.807, 2.05) is 26.0 Å². The molecule has 1 atom stereocenters. The number of ether oxygens (including phenoxy) is 1. The first-order chi connectivity index (χ1) is 11.9. The number of aromatic nitrogens is 2. The molecule has 0 spiro atoms. The maximum absolute atomic E-state index is 12.4. The van der Waals surface area contributed by atoms with Gasteiger partial charge in [-0.3, -0.25) is 9.59 Å². The molecule has 0 aliphatic rings. The first kappa shape index (κ1) is 18.5. The lowest BCUT2D eigenvalue weighted by Gasteiger charge is -2.19.